The predicted molar refractivity (Wildman–Crippen MR) is 85.2 cm³/mol. The third-order valence-electron chi connectivity index (χ3n) is 2.67. The zero-order chi connectivity index (χ0) is 21.4. The van der Waals surface area contributed by atoms with Gasteiger partial charge in [-0.1, -0.05) is 0 Å². The van der Waals surface area contributed by atoms with Gasteiger partial charge in [-0.2, -0.15) is 0 Å². The van der Waals surface area contributed by atoms with Gasteiger partial charge in [0.25, 0.3) is 6.47 Å². The van der Waals surface area contributed by atoms with E-state index in [0.29, 0.717) is 0 Å². The van der Waals surface area contributed by atoms with Crippen molar-refractivity contribution in [2.45, 2.75) is 51.1 Å². The Kier molecular flexibility index (Phi) is 15.5. The predicted octanol–water partition coefficient (Wildman–Crippen LogP) is -2.21. The number of hydrogen-bond donors (Lipinski definition) is 4. The van der Waals surface area contributed by atoms with E-state index in [9.17, 15) is 29.1 Å². The highest BCUT2D eigenvalue weighted by Gasteiger charge is 2.40. The zero-order valence-corrected chi connectivity index (χ0v) is 14.8. The van der Waals surface area contributed by atoms with E-state index in [-0.39, 0.29) is 19.4 Å². The summed E-state index contributed by atoms with van der Waals surface area (Å²) in [4.78, 5) is 54.7. The molecule has 0 radical (unpaired) electrons. The molecule has 0 amide bonds. The van der Waals surface area contributed by atoms with E-state index >= 15 is 0 Å². The summed E-state index contributed by atoms with van der Waals surface area (Å²) in [7, 11) is 0. The van der Waals surface area contributed by atoms with Gasteiger partial charge < -0.3 is 34.6 Å². The molecule has 0 aliphatic rings. The second-order valence-electron chi connectivity index (χ2n) is 4.82. The van der Waals surface area contributed by atoms with Crippen LogP contribution in [0.5, 0.6) is 0 Å². The highest BCUT2D eigenvalue weighted by Crippen LogP contribution is 2.16. The summed E-state index contributed by atoms with van der Waals surface area (Å²) in [5.74, 6) is -3.29. The van der Waals surface area contributed by atoms with E-state index < -0.39 is 61.8 Å². The fourth-order valence-corrected chi connectivity index (χ4v) is 1.66. The van der Waals surface area contributed by atoms with Crippen molar-refractivity contribution in [3.8, 4) is 0 Å². The quantitative estimate of drug-likeness (QED) is 0.158. The van der Waals surface area contributed by atoms with Gasteiger partial charge >= 0.3 is 17.9 Å². The van der Waals surface area contributed by atoms with Crippen LogP contribution in [-0.2, 0) is 38.2 Å². The van der Waals surface area contributed by atoms with Crippen LogP contribution < -0.4 is 0 Å². The number of carbonyl (C=O) groups is 5. The maximum atomic E-state index is 11.5. The molecule has 4 atom stereocenters. The van der Waals surface area contributed by atoms with Crippen molar-refractivity contribution < 1.29 is 58.6 Å². The van der Waals surface area contributed by atoms with Gasteiger partial charge in [-0.3, -0.25) is 24.0 Å². The summed E-state index contributed by atoms with van der Waals surface area (Å²) in [5, 5.41) is 34.7. The van der Waals surface area contributed by atoms with Crippen molar-refractivity contribution in [3.63, 3.8) is 0 Å². The number of carboxylic acids is 1. The minimum atomic E-state index is -1.79. The summed E-state index contributed by atoms with van der Waals surface area (Å²) in [6, 6.07) is 0. The molecule has 0 aromatic heterocycles. The Balaban J connectivity index is 0. The highest BCUT2D eigenvalue weighted by molar-refractivity contribution is 5.78. The first-order valence-corrected chi connectivity index (χ1v) is 7.70. The standard InChI is InChI=1S/C13H18O11.C2H6O/c1-7(17)23-12(8(18)4-14)13(22-6-16)9(5-15)24-11(21)3-2-10(19)20;1-2-3/h5-6,8-9,12-14,18H,2-4H2,1H3,(H,19,20);3H,2H2,1H3/t8-,9+,12-,13-;/m1./s1. The van der Waals surface area contributed by atoms with Crippen LogP contribution in [-0.4, -0.2) is 88.7 Å². The van der Waals surface area contributed by atoms with Gasteiger partial charge in [-0.15, -0.1) is 0 Å². The number of rotatable bonds is 12. The van der Waals surface area contributed by atoms with Crippen LogP contribution in [0.1, 0.15) is 26.7 Å². The molecule has 0 saturated carbocycles. The lowest BCUT2D eigenvalue weighted by atomic mass is 10.0. The molecule has 0 bridgehead atoms. The third kappa shape index (κ3) is 12.4. The molecule has 27 heavy (non-hydrogen) atoms. The van der Waals surface area contributed by atoms with Crippen LogP contribution in [0.25, 0.3) is 0 Å². The second kappa shape index (κ2) is 15.7. The topological polar surface area (TPSA) is 194 Å². The van der Waals surface area contributed by atoms with Crippen LogP contribution in [0, 0.1) is 0 Å². The molecule has 0 unspecified atom stereocenters. The average Bonchev–Trinajstić information content (AvgIpc) is 2.60. The molecule has 0 aliphatic heterocycles. The van der Waals surface area contributed by atoms with Crippen LogP contribution in [0.3, 0.4) is 0 Å². The molecule has 0 aliphatic carbocycles. The summed E-state index contributed by atoms with van der Waals surface area (Å²) < 4.78 is 13.9. The smallest absolute Gasteiger partial charge is 0.307 e. The Bertz CT molecular complexity index is 477. The molecule has 0 aromatic carbocycles. The third-order valence-corrected chi connectivity index (χ3v) is 2.67. The number of aliphatic hydroxyl groups excluding tert-OH is 3. The Hall–Kier alpha value is -2.57. The summed E-state index contributed by atoms with van der Waals surface area (Å²) >= 11 is 0. The summed E-state index contributed by atoms with van der Waals surface area (Å²) in [6.45, 7) is 1.85. The van der Waals surface area contributed by atoms with E-state index in [2.05, 4.69) is 9.47 Å². The molecule has 12 heteroatoms. The molecule has 12 nitrogen and oxygen atoms in total. The van der Waals surface area contributed by atoms with Crippen LogP contribution in [0.4, 0.5) is 0 Å². The fourth-order valence-electron chi connectivity index (χ4n) is 1.66. The SMILES string of the molecule is CC(=O)O[C@@H]([C@H](OC=O)[C@H](C=O)OC(=O)CCC(=O)O)[C@H](O)CO.CCO. The average molecular weight is 396 g/mol. The first-order valence-electron chi connectivity index (χ1n) is 7.70. The molecular formula is C15H24O12. The van der Waals surface area contributed by atoms with Gasteiger partial charge in [0, 0.05) is 13.5 Å². The normalized spacial score (nSPS) is 14.3. The Morgan fingerprint density at radius 2 is 1.59 bits per heavy atom. The van der Waals surface area contributed by atoms with Crippen molar-refractivity contribution in [1.82, 2.24) is 0 Å². The second-order valence-corrected chi connectivity index (χ2v) is 4.82. The van der Waals surface area contributed by atoms with E-state index in [1.807, 2.05) is 0 Å². The number of aldehydes is 1. The highest BCUT2D eigenvalue weighted by atomic mass is 16.6. The monoisotopic (exact) mass is 396 g/mol. The Morgan fingerprint density at radius 1 is 1.04 bits per heavy atom. The zero-order valence-electron chi connectivity index (χ0n) is 14.8. The van der Waals surface area contributed by atoms with E-state index in [1.165, 1.54) is 0 Å². The summed E-state index contributed by atoms with van der Waals surface area (Å²) in [6.07, 6.45) is -8.03. The van der Waals surface area contributed by atoms with Crippen molar-refractivity contribution in [3.05, 3.63) is 0 Å². The molecule has 0 aromatic rings. The number of carbonyl (C=O) groups excluding carboxylic acids is 4. The number of hydrogen-bond acceptors (Lipinski definition) is 11. The number of aliphatic hydroxyl groups is 3. The lowest BCUT2D eigenvalue weighted by Gasteiger charge is -2.30. The van der Waals surface area contributed by atoms with Crippen molar-refractivity contribution in [2.75, 3.05) is 13.2 Å². The van der Waals surface area contributed by atoms with E-state index in [4.69, 9.17) is 20.1 Å². The number of ether oxygens (including phenoxy) is 3. The van der Waals surface area contributed by atoms with Crippen molar-refractivity contribution in [2.24, 2.45) is 0 Å². The Morgan fingerprint density at radius 3 is 1.96 bits per heavy atom. The van der Waals surface area contributed by atoms with Crippen molar-refractivity contribution in [1.29, 1.82) is 0 Å². The van der Waals surface area contributed by atoms with Crippen LogP contribution >= 0.6 is 0 Å². The molecule has 0 rings (SSSR count). The van der Waals surface area contributed by atoms with Crippen LogP contribution in [0.15, 0.2) is 0 Å². The lowest BCUT2D eigenvalue weighted by Crippen LogP contribution is -2.51. The van der Waals surface area contributed by atoms with Gasteiger partial charge in [-0.05, 0) is 6.92 Å². The molecule has 0 fully saturated rings. The van der Waals surface area contributed by atoms with Gasteiger partial charge in [0.05, 0.1) is 19.4 Å². The van der Waals surface area contributed by atoms with Gasteiger partial charge in [0.2, 0.25) is 0 Å². The van der Waals surface area contributed by atoms with E-state index in [1.54, 1.807) is 6.92 Å². The molecule has 0 saturated heterocycles. The van der Waals surface area contributed by atoms with Crippen LogP contribution in [0.2, 0.25) is 0 Å². The number of aliphatic carboxylic acids is 1. The minimum absolute atomic E-state index is 0.0490. The number of esters is 2. The molecule has 4 N–H and O–H groups in total. The van der Waals surface area contributed by atoms with Gasteiger partial charge in [0.15, 0.2) is 24.6 Å². The number of carboxylic acid groups (broad SMARTS) is 1. The maximum absolute atomic E-state index is 11.5. The first-order chi connectivity index (χ1) is 12.7. The summed E-state index contributed by atoms with van der Waals surface area (Å²) in [5.41, 5.74) is 0. The van der Waals surface area contributed by atoms with E-state index in [0.717, 1.165) is 6.92 Å². The lowest BCUT2D eigenvalue weighted by molar-refractivity contribution is -0.189. The maximum Gasteiger partial charge on any atom is 0.307 e. The van der Waals surface area contributed by atoms with Gasteiger partial charge in [-0.25, -0.2) is 0 Å². The first kappa shape index (κ1) is 26.7. The van der Waals surface area contributed by atoms with Crippen molar-refractivity contribution >= 4 is 30.7 Å². The molecule has 0 heterocycles. The largest absolute Gasteiger partial charge is 0.481 e. The Labute approximate surface area is 154 Å². The molecule has 0 spiro atoms. The molecule has 156 valence electrons. The fraction of sp³-hybridized carbons (Fsp3) is 0.667. The molecular weight excluding hydrogens is 372 g/mol. The van der Waals surface area contributed by atoms with Gasteiger partial charge in [0.1, 0.15) is 6.10 Å². The minimum Gasteiger partial charge on any atom is -0.481 e.